The lowest BCUT2D eigenvalue weighted by Gasteiger charge is -2.21. The van der Waals surface area contributed by atoms with Gasteiger partial charge >= 0.3 is 0 Å². The summed E-state index contributed by atoms with van der Waals surface area (Å²) in [5.74, 6) is -0.810. The van der Waals surface area contributed by atoms with Crippen LogP contribution in [0, 0.1) is 12.3 Å². The number of nitrogens with one attached hydrogen (secondary N) is 3. The van der Waals surface area contributed by atoms with Gasteiger partial charge in [0.05, 0.1) is 40.0 Å². The predicted molar refractivity (Wildman–Crippen MR) is 153 cm³/mol. The number of carbonyl (C=O) groups is 3. The SMILES string of the molecule is CC(=N)N(C)c1ccc(C(=O)Nc2c(C(N)=O)cc(C)cc2-c2ccc(Cl)cn2)c(OCCCNC(C)=O)c1. The number of amidine groups is 1. The summed E-state index contributed by atoms with van der Waals surface area (Å²) in [4.78, 5) is 43.1. The zero-order chi connectivity index (χ0) is 28.7. The minimum atomic E-state index is -0.711. The summed E-state index contributed by atoms with van der Waals surface area (Å²) in [5.41, 5.74) is 8.63. The van der Waals surface area contributed by atoms with Gasteiger partial charge in [-0.1, -0.05) is 11.6 Å². The molecule has 0 bridgehead atoms. The van der Waals surface area contributed by atoms with Gasteiger partial charge in [0.15, 0.2) is 0 Å². The van der Waals surface area contributed by atoms with Crippen molar-refractivity contribution >= 4 is 46.5 Å². The highest BCUT2D eigenvalue weighted by atomic mass is 35.5. The Hall–Kier alpha value is -4.44. The van der Waals surface area contributed by atoms with Crippen LogP contribution in [0.25, 0.3) is 11.3 Å². The fraction of sp³-hybridized carbons (Fsp3) is 0.250. The van der Waals surface area contributed by atoms with Crippen molar-refractivity contribution in [1.82, 2.24) is 10.3 Å². The fourth-order valence-electron chi connectivity index (χ4n) is 3.77. The van der Waals surface area contributed by atoms with Crippen molar-refractivity contribution in [2.75, 3.05) is 30.4 Å². The first kappa shape index (κ1) is 29.1. The second kappa shape index (κ2) is 12.9. The van der Waals surface area contributed by atoms with Gasteiger partial charge in [0, 0.05) is 44.0 Å². The first-order chi connectivity index (χ1) is 18.5. The van der Waals surface area contributed by atoms with Crippen molar-refractivity contribution in [2.24, 2.45) is 5.73 Å². The predicted octanol–water partition coefficient (Wildman–Crippen LogP) is 4.40. The Kier molecular flexibility index (Phi) is 9.62. The van der Waals surface area contributed by atoms with Crippen molar-refractivity contribution in [3.05, 3.63) is 70.4 Å². The number of hydrogen-bond acceptors (Lipinski definition) is 6. The summed E-state index contributed by atoms with van der Waals surface area (Å²) >= 11 is 6.01. The molecule has 1 aromatic heterocycles. The van der Waals surface area contributed by atoms with Gasteiger partial charge in [-0.05, 0) is 62.2 Å². The number of ether oxygens (including phenoxy) is 1. The van der Waals surface area contributed by atoms with Gasteiger partial charge in [0.2, 0.25) is 5.91 Å². The van der Waals surface area contributed by atoms with Crippen molar-refractivity contribution < 1.29 is 19.1 Å². The highest BCUT2D eigenvalue weighted by Crippen LogP contribution is 2.34. The molecule has 0 aliphatic heterocycles. The Bertz CT molecular complexity index is 1410. The molecule has 5 N–H and O–H groups in total. The van der Waals surface area contributed by atoms with E-state index in [1.807, 2.05) is 6.92 Å². The molecule has 0 saturated heterocycles. The van der Waals surface area contributed by atoms with E-state index < -0.39 is 11.8 Å². The zero-order valence-corrected chi connectivity index (χ0v) is 23.0. The van der Waals surface area contributed by atoms with E-state index in [2.05, 4.69) is 15.6 Å². The Balaban J connectivity index is 2.01. The number of carbonyl (C=O) groups excluding carboxylic acids is 3. The van der Waals surface area contributed by atoms with Crippen molar-refractivity contribution in [3.63, 3.8) is 0 Å². The number of aromatic nitrogens is 1. The van der Waals surface area contributed by atoms with Gasteiger partial charge < -0.3 is 26.0 Å². The third kappa shape index (κ3) is 7.55. The average Bonchev–Trinajstić information content (AvgIpc) is 2.88. The lowest BCUT2D eigenvalue weighted by atomic mass is 9.99. The Morgan fingerprint density at radius 2 is 1.85 bits per heavy atom. The minimum absolute atomic E-state index is 0.128. The second-order valence-corrected chi connectivity index (χ2v) is 9.36. The topological polar surface area (TPSA) is 150 Å². The molecule has 3 amide bonds. The van der Waals surface area contributed by atoms with Crippen LogP contribution in [-0.4, -0.2) is 48.7 Å². The summed E-state index contributed by atoms with van der Waals surface area (Å²) in [5, 5.41) is 13.9. The summed E-state index contributed by atoms with van der Waals surface area (Å²) in [7, 11) is 1.73. The van der Waals surface area contributed by atoms with Gasteiger partial charge in [-0.15, -0.1) is 0 Å². The van der Waals surface area contributed by atoms with Crippen LogP contribution in [0.2, 0.25) is 5.02 Å². The lowest BCUT2D eigenvalue weighted by molar-refractivity contribution is -0.118. The molecule has 2 aromatic carbocycles. The van der Waals surface area contributed by atoms with E-state index >= 15 is 0 Å². The number of anilines is 2. The number of aryl methyl sites for hydroxylation is 1. The molecule has 0 saturated carbocycles. The molecule has 11 heteroatoms. The van der Waals surface area contributed by atoms with Gasteiger partial charge in [-0.25, -0.2) is 0 Å². The van der Waals surface area contributed by atoms with Gasteiger partial charge in [-0.3, -0.25) is 24.8 Å². The van der Waals surface area contributed by atoms with E-state index in [1.54, 1.807) is 61.3 Å². The van der Waals surface area contributed by atoms with Crippen LogP contribution < -0.4 is 26.0 Å². The highest BCUT2D eigenvalue weighted by molar-refractivity contribution is 6.30. The molecule has 0 atom stereocenters. The second-order valence-electron chi connectivity index (χ2n) is 8.92. The number of nitrogens with two attached hydrogens (primary N) is 1. The maximum absolute atomic E-state index is 13.6. The zero-order valence-electron chi connectivity index (χ0n) is 22.2. The molecule has 3 rings (SSSR count). The third-order valence-electron chi connectivity index (χ3n) is 5.84. The maximum atomic E-state index is 13.6. The summed E-state index contributed by atoms with van der Waals surface area (Å²) < 4.78 is 5.95. The van der Waals surface area contributed by atoms with Gasteiger partial charge in [0.1, 0.15) is 5.75 Å². The van der Waals surface area contributed by atoms with E-state index in [-0.39, 0.29) is 35.1 Å². The molecule has 0 aliphatic carbocycles. The Labute approximate surface area is 232 Å². The molecule has 3 aromatic rings. The number of rotatable bonds is 10. The van der Waals surface area contributed by atoms with Crippen LogP contribution in [0.4, 0.5) is 11.4 Å². The van der Waals surface area contributed by atoms with Crippen LogP contribution in [0.3, 0.4) is 0 Å². The number of amides is 3. The lowest BCUT2D eigenvalue weighted by Crippen LogP contribution is -2.24. The van der Waals surface area contributed by atoms with Crippen LogP contribution in [-0.2, 0) is 4.79 Å². The van der Waals surface area contributed by atoms with Crippen molar-refractivity contribution in [2.45, 2.75) is 27.2 Å². The first-order valence-corrected chi connectivity index (χ1v) is 12.5. The molecule has 1 heterocycles. The molecule has 204 valence electrons. The monoisotopic (exact) mass is 550 g/mol. The molecular weight excluding hydrogens is 520 g/mol. The van der Waals surface area contributed by atoms with E-state index in [0.717, 1.165) is 5.56 Å². The molecule has 0 unspecified atom stereocenters. The van der Waals surface area contributed by atoms with Crippen LogP contribution in [0.15, 0.2) is 48.7 Å². The van der Waals surface area contributed by atoms with Crippen LogP contribution >= 0.6 is 11.6 Å². The first-order valence-electron chi connectivity index (χ1n) is 12.2. The normalized spacial score (nSPS) is 10.5. The van der Waals surface area contributed by atoms with E-state index in [1.165, 1.54) is 13.1 Å². The number of nitrogens with zero attached hydrogens (tertiary/aromatic N) is 2. The van der Waals surface area contributed by atoms with Gasteiger partial charge in [-0.2, -0.15) is 0 Å². The highest BCUT2D eigenvalue weighted by Gasteiger charge is 2.22. The number of halogens is 1. The standard InChI is InChI=1S/C28H31ClN6O4/c1-16-12-22(24-9-6-19(29)15-33-24)26(23(13-16)27(31)37)34-28(38)21-8-7-20(35(4)17(2)30)14-25(21)39-11-5-10-32-18(3)36/h6-9,12-15,30H,5,10-11H2,1-4H3,(H2,31,37)(H,32,36)(H,34,38). The quantitative estimate of drug-likeness (QED) is 0.167. The molecule has 39 heavy (non-hydrogen) atoms. The largest absolute Gasteiger partial charge is 0.493 e. The Morgan fingerprint density at radius 3 is 2.46 bits per heavy atom. The number of benzene rings is 2. The minimum Gasteiger partial charge on any atom is -0.493 e. The van der Waals surface area contributed by atoms with Crippen LogP contribution in [0.1, 0.15) is 46.5 Å². The van der Waals surface area contributed by atoms with Crippen molar-refractivity contribution in [1.29, 1.82) is 5.41 Å². The van der Waals surface area contributed by atoms with Gasteiger partial charge in [0.25, 0.3) is 11.8 Å². The Morgan fingerprint density at radius 1 is 1.10 bits per heavy atom. The number of hydrogen-bond donors (Lipinski definition) is 4. The molecule has 0 fully saturated rings. The molecule has 10 nitrogen and oxygen atoms in total. The average molecular weight is 551 g/mol. The third-order valence-corrected chi connectivity index (χ3v) is 6.07. The fourth-order valence-corrected chi connectivity index (χ4v) is 3.88. The molecule has 0 aliphatic rings. The summed E-state index contributed by atoms with van der Waals surface area (Å²) in [6.45, 7) is 5.53. The maximum Gasteiger partial charge on any atom is 0.259 e. The molecule has 0 spiro atoms. The van der Waals surface area contributed by atoms with E-state index in [4.69, 9.17) is 27.5 Å². The summed E-state index contributed by atoms with van der Waals surface area (Å²) in [6, 6.07) is 11.7. The molecule has 0 radical (unpaired) electrons. The van der Waals surface area contributed by atoms with Crippen LogP contribution in [0.5, 0.6) is 5.75 Å². The smallest absolute Gasteiger partial charge is 0.259 e. The van der Waals surface area contributed by atoms with Crippen molar-refractivity contribution in [3.8, 4) is 17.0 Å². The molecular formula is C28H31ClN6O4. The van der Waals surface area contributed by atoms with E-state index in [9.17, 15) is 14.4 Å². The van der Waals surface area contributed by atoms with E-state index in [0.29, 0.717) is 40.8 Å². The number of primary amides is 1. The number of pyridine rings is 1. The summed E-state index contributed by atoms with van der Waals surface area (Å²) in [6.07, 6.45) is 1.99.